The van der Waals surface area contributed by atoms with Gasteiger partial charge in [0.15, 0.2) is 0 Å². The predicted molar refractivity (Wildman–Crippen MR) is 49.9 cm³/mol. The van der Waals surface area contributed by atoms with E-state index in [0.717, 1.165) is 12.5 Å². The van der Waals surface area contributed by atoms with Crippen LogP contribution in [-0.2, 0) is 7.05 Å². The summed E-state index contributed by atoms with van der Waals surface area (Å²) in [6.07, 6.45) is 3.69. The molecule has 0 aliphatic heterocycles. The third-order valence-electron chi connectivity index (χ3n) is 1.83. The third-order valence-corrected chi connectivity index (χ3v) is 1.83. The highest BCUT2D eigenvalue weighted by atomic mass is 15.2. The van der Waals surface area contributed by atoms with E-state index in [1.807, 2.05) is 17.8 Å². The average molecular weight is 168 g/mol. The molecule has 0 radical (unpaired) electrons. The molecule has 4 nitrogen and oxygen atoms in total. The molecule has 4 heteroatoms. The number of rotatable bonds is 4. The Labute approximate surface area is 72.8 Å². The molecule has 1 aromatic heterocycles. The molecule has 68 valence electrons. The molecule has 0 aliphatic carbocycles. The smallest absolute Gasteiger partial charge is 0.202 e. The number of anilines is 1. The summed E-state index contributed by atoms with van der Waals surface area (Å²) < 4.78 is 1.95. The number of aryl methyl sites for hydroxylation is 1. The second-order valence-corrected chi connectivity index (χ2v) is 3.08. The summed E-state index contributed by atoms with van der Waals surface area (Å²) in [7, 11) is 1.96. The third kappa shape index (κ3) is 2.23. The molecule has 3 N–H and O–H groups in total. The Morgan fingerprint density at radius 3 is 3.00 bits per heavy atom. The topological polar surface area (TPSA) is 55.9 Å². The van der Waals surface area contributed by atoms with Crippen LogP contribution in [0.15, 0.2) is 12.4 Å². The lowest BCUT2D eigenvalue weighted by molar-refractivity contribution is 0.623. The number of imidazole rings is 1. The van der Waals surface area contributed by atoms with E-state index in [2.05, 4.69) is 17.2 Å². The van der Waals surface area contributed by atoms with Gasteiger partial charge in [-0.2, -0.15) is 0 Å². The van der Waals surface area contributed by atoms with Gasteiger partial charge < -0.3 is 15.6 Å². The number of nitrogens with two attached hydrogens (primary N) is 1. The molecule has 1 atom stereocenters. The Balaban J connectivity index is 2.38. The quantitative estimate of drug-likeness (QED) is 0.685. The highest BCUT2D eigenvalue weighted by Gasteiger charge is 2.00. The van der Waals surface area contributed by atoms with Gasteiger partial charge in [0.25, 0.3) is 0 Å². The fourth-order valence-electron chi connectivity index (χ4n) is 0.885. The van der Waals surface area contributed by atoms with Crippen LogP contribution >= 0.6 is 0 Å². The van der Waals surface area contributed by atoms with Crippen LogP contribution in [0.3, 0.4) is 0 Å². The summed E-state index contributed by atoms with van der Waals surface area (Å²) >= 11 is 0. The molecule has 1 heterocycles. The van der Waals surface area contributed by atoms with E-state index in [0.29, 0.717) is 12.5 Å². The lowest BCUT2D eigenvalue weighted by Crippen LogP contribution is -2.20. The van der Waals surface area contributed by atoms with Gasteiger partial charge in [0, 0.05) is 26.0 Å². The molecule has 0 aliphatic rings. The first-order valence-corrected chi connectivity index (χ1v) is 4.15. The summed E-state index contributed by atoms with van der Waals surface area (Å²) in [5, 5.41) is 3.22. The van der Waals surface area contributed by atoms with Crippen molar-refractivity contribution < 1.29 is 0 Å². The molecule has 0 amide bonds. The minimum absolute atomic E-state index is 0.488. The molecule has 1 unspecified atom stereocenters. The summed E-state index contributed by atoms with van der Waals surface area (Å²) in [4.78, 5) is 4.13. The normalized spacial score (nSPS) is 12.9. The fourth-order valence-corrected chi connectivity index (χ4v) is 0.885. The lowest BCUT2D eigenvalue weighted by atomic mass is 10.2. The van der Waals surface area contributed by atoms with Crippen molar-refractivity contribution in [3.8, 4) is 0 Å². The second-order valence-electron chi connectivity index (χ2n) is 3.08. The van der Waals surface area contributed by atoms with E-state index in [-0.39, 0.29) is 0 Å². The zero-order valence-electron chi connectivity index (χ0n) is 7.62. The molecule has 1 rings (SSSR count). The number of aromatic nitrogens is 2. The number of hydrogen-bond donors (Lipinski definition) is 2. The number of nitrogens with zero attached hydrogens (tertiary/aromatic N) is 2. The first-order valence-electron chi connectivity index (χ1n) is 4.15. The van der Waals surface area contributed by atoms with Gasteiger partial charge in [0.1, 0.15) is 0 Å². The standard InChI is InChI=1S/C8H16N4/c1-7(5-9)6-11-8-10-3-4-12(8)2/h3-4,7H,5-6,9H2,1-2H3,(H,10,11). The second kappa shape index (κ2) is 4.11. The molecule has 0 saturated heterocycles. The van der Waals surface area contributed by atoms with Crippen molar-refractivity contribution >= 4 is 5.95 Å². The Morgan fingerprint density at radius 1 is 1.75 bits per heavy atom. The van der Waals surface area contributed by atoms with E-state index < -0.39 is 0 Å². The molecule has 0 bridgehead atoms. The Hall–Kier alpha value is -1.03. The van der Waals surface area contributed by atoms with Gasteiger partial charge in [0.05, 0.1) is 0 Å². The van der Waals surface area contributed by atoms with Crippen LogP contribution in [0, 0.1) is 5.92 Å². The van der Waals surface area contributed by atoms with Crippen molar-refractivity contribution in [3.63, 3.8) is 0 Å². The minimum atomic E-state index is 0.488. The minimum Gasteiger partial charge on any atom is -0.355 e. The monoisotopic (exact) mass is 168 g/mol. The van der Waals surface area contributed by atoms with Crippen molar-refractivity contribution in [2.45, 2.75) is 6.92 Å². The largest absolute Gasteiger partial charge is 0.355 e. The van der Waals surface area contributed by atoms with Crippen LogP contribution in [0.2, 0.25) is 0 Å². The van der Waals surface area contributed by atoms with E-state index in [1.54, 1.807) is 6.20 Å². The molecular weight excluding hydrogens is 152 g/mol. The zero-order chi connectivity index (χ0) is 8.97. The zero-order valence-corrected chi connectivity index (χ0v) is 7.62. The van der Waals surface area contributed by atoms with Gasteiger partial charge in [0.2, 0.25) is 5.95 Å². The van der Waals surface area contributed by atoms with Crippen LogP contribution in [0.4, 0.5) is 5.95 Å². The predicted octanol–water partition coefficient (Wildman–Crippen LogP) is 0.427. The average Bonchev–Trinajstić information content (AvgIpc) is 2.47. The summed E-state index contributed by atoms with van der Waals surface area (Å²) in [5.41, 5.74) is 5.48. The molecule has 1 aromatic rings. The van der Waals surface area contributed by atoms with Gasteiger partial charge >= 0.3 is 0 Å². The van der Waals surface area contributed by atoms with Gasteiger partial charge in [-0.1, -0.05) is 6.92 Å². The van der Waals surface area contributed by atoms with Crippen molar-refractivity contribution in [2.75, 3.05) is 18.4 Å². The SMILES string of the molecule is CC(CN)CNc1nccn1C. The van der Waals surface area contributed by atoms with Gasteiger partial charge in [-0.3, -0.25) is 0 Å². The number of hydrogen-bond acceptors (Lipinski definition) is 3. The van der Waals surface area contributed by atoms with Crippen LogP contribution in [0.5, 0.6) is 0 Å². The molecule has 0 fully saturated rings. The fraction of sp³-hybridized carbons (Fsp3) is 0.625. The van der Waals surface area contributed by atoms with Gasteiger partial charge in [-0.25, -0.2) is 4.98 Å². The molecule has 0 aromatic carbocycles. The van der Waals surface area contributed by atoms with E-state index in [4.69, 9.17) is 5.73 Å². The van der Waals surface area contributed by atoms with Crippen molar-refractivity contribution in [2.24, 2.45) is 18.7 Å². The van der Waals surface area contributed by atoms with Gasteiger partial charge in [-0.05, 0) is 12.5 Å². The lowest BCUT2D eigenvalue weighted by Gasteiger charge is -2.10. The maximum Gasteiger partial charge on any atom is 0.202 e. The van der Waals surface area contributed by atoms with Crippen LogP contribution in [-0.4, -0.2) is 22.6 Å². The number of nitrogens with one attached hydrogen (secondary N) is 1. The molecule has 12 heavy (non-hydrogen) atoms. The Bertz CT molecular complexity index is 231. The Morgan fingerprint density at radius 2 is 2.50 bits per heavy atom. The van der Waals surface area contributed by atoms with Gasteiger partial charge in [-0.15, -0.1) is 0 Å². The maximum atomic E-state index is 5.48. The first-order chi connectivity index (χ1) is 5.74. The summed E-state index contributed by atoms with van der Waals surface area (Å²) in [5.74, 6) is 1.39. The summed E-state index contributed by atoms with van der Waals surface area (Å²) in [6, 6.07) is 0. The van der Waals surface area contributed by atoms with Crippen molar-refractivity contribution in [3.05, 3.63) is 12.4 Å². The first kappa shape index (κ1) is 9.06. The summed E-state index contributed by atoms with van der Waals surface area (Å²) in [6.45, 7) is 3.69. The molecular formula is C8H16N4. The van der Waals surface area contributed by atoms with E-state index in [1.165, 1.54) is 0 Å². The van der Waals surface area contributed by atoms with Crippen molar-refractivity contribution in [1.82, 2.24) is 9.55 Å². The van der Waals surface area contributed by atoms with E-state index >= 15 is 0 Å². The van der Waals surface area contributed by atoms with E-state index in [9.17, 15) is 0 Å². The highest BCUT2D eigenvalue weighted by Crippen LogP contribution is 2.01. The van der Waals surface area contributed by atoms with Crippen LogP contribution in [0.25, 0.3) is 0 Å². The molecule has 0 saturated carbocycles. The van der Waals surface area contributed by atoms with Crippen LogP contribution in [0.1, 0.15) is 6.92 Å². The Kier molecular flexibility index (Phi) is 3.10. The maximum absolute atomic E-state index is 5.48. The highest BCUT2D eigenvalue weighted by molar-refractivity contribution is 5.24. The van der Waals surface area contributed by atoms with Crippen molar-refractivity contribution in [1.29, 1.82) is 0 Å². The van der Waals surface area contributed by atoms with Crippen LogP contribution < -0.4 is 11.1 Å². The molecule has 0 spiro atoms.